The molecule has 0 saturated heterocycles. The number of hydrogen-bond acceptors (Lipinski definition) is 5. The highest BCUT2D eigenvalue weighted by Gasteiger charge is 2.13. The third kappa shape index (κ3) is 5.53. The zero-order chi connectivity index (χ0) is 19.1. The maximum atomic E-state index is 12.1. The molecule has 0 atom stereocenters. The summed E-state index contributed by atoms with van der Waals surface area (Å²) in [6.45, 7) is 2.05. The lowest BCUT2D eigenvalue weighted by molar-refractivity contribution is -0.144. The lowest BCUT2D eigenvalue weighted by atomic mass is 10.2. The molecule has 138 valence electrons. The molecule has 0 amide bonds. The van der Waals surface area contributed by atoms with Crippen LogP contribution in [-0.4, -0.2) is 11.8 Å². The smallest absolute Gasteiger partial charge is 0.306 e. The minimum atomic E-state index is -0.397. The van der Waals surface area contributed by atoms with Crippen molar-refractivity contribution >= 4 is 23.1 Å². The van der Waals surface area contributed by atoms with E-state index in [0.29, 0.717) is 16.4 Å². The van der Waals surface area contributed by atoms with E-state index in [1.165, 1.54) is 11.3 Å². The first kappa shape index (κ1) is 18.9. The lowest BCUT2D eigenvalue weighted by Crippen LogP contribution is -2.08. The Kier molecular flexibility index (Phi) is 6.39. The molecule has 1 aromatic heterocycles. The first-order valence-electron chi connectivity index (χ1n) is 8.68. The van der Waals surface area contributed by atoms with Crippen LogP contribution in [-0.2, 0) is 16.1 Å². The number of rotatable bonds is 8. The van der Waals surface area contributed by atoms with Crippen LogP contribution in [0.4, 0.5) is 0 Å². The molecule has 5 heteroatoms. The Morgan fingerprint density at radius 3 is 2.37 bits per heavy atom. The number of carbonyl (C=O) groups excluding carboxylic acids is 2. The third-order valence-corrected chi connectivity index (χ3v) is 4.95. The van der Waals surface area contributed by atoms with Crippen molar-refractivity contribution < 1.29 is 19.1 Å². The standard InChI is InChI=1S/C22H20O4S/c1-16-11-13-21(27-16)19(23)12-14-22(24)25-15-17-7-5-6-10-20(17)26-18-8-3-2-4-9-18/h2-11,13H,12,14-15H2,1H3. The molecule has 0 aliphatic heterocycles. The number of ketones is 1. The molecule has 0 aliphatic rings. The van der Waals surface area contributed by atoms with E-state index in [0.717, 1.165) is 10.4 Å². The molecule has 4 nitrogen and oxygen atoms in total. The molecular formula is C22H20O4S. The number of ether oxygens (including phenoxy) is 2. The molecule has 2 aromatic carbocycles. The van der Waals surface area contributed by atoms with Crippen LogP contribution in [0.1, 0.15) is 33.0 Å². The summed E-state index contributed by atoms with van der Waals surface area (Å²) in [4.78, 5) is 25.9. The number of para-hydroxylation sites is 2. The number of esters is 1. The van der Waals surface area contributed by atoms with Crippen molar-refractivity contribution in [3.63, 3.8) is 0 Å². The Morgan fingerprint density at radius 1 is 0.889 bits per heavy atom. The monoisotopic (exact) mass is 380 g/mol. The third-order valence-electron chi connectivity index (χ3n) is 3.90. The van der Waals surface area contributed by atoms with Crippen LogP contribution in [0.15, 0.2) is 66.7 Å². The van der Waals surface area contributed by atoms with Crippen molar-refractivity contribution in [1.29, 1.82) is 0 Å². The molecule has 27 heavy (non-hydrogen) atoms. The fourth-order valence-corrected chi connectivity index (χ4v) is 3.33. The summed E-state index contributed by atoms with van der Waals surface area (Å²) in [6, 6.07) is 20.5. The second-order valence-electron chi connectivity index (χ2n) is 6.02. The molecular weight excluding hydrogens is 360 g/mol. The van der Waals surface area contributed by atoms with E-state index in [2.05, 4.69) is 0 Å². The summed E-state index contributed by atoms with van der Waals surface area (Å²) in [5.74, 6) is 0.929. The summed E-state index contributed by atoms with van der Waals surface area (Å²) >= 11 is 1.44. The number of thiophene rings is 1. The van der Waals surface area contributed by atoms with Crippen LogP contribution in [0, 0.1) is 6.92 Å². The Balaban J connectivity index is 1.52. The van der Waals surface area contributed by atoms with E-state index in [-0.39, 0.29) is 25.2 Å². The van der Waals surface area contributed by atoms with Gasteiger partial charge in [-0.3, -0.25) is 9.59 Å². The van der Waals surface area contributed by atoms with Gasteiger partial charge in [0.25, 0.3) is 0 Å². The summed E-state index contributed by atoms with van der Waals surface area (Å²) in [6.07, 6.45) is 0.221. The number of hydrogen-bond donors (Lipinski definition) is 0. The van der Waals surface area contributed by atoms with Crippen molar-refractivity contribution in [2.75, 3.05) is 0 Å². The maximum Gasteiger partial charge on any atom is 0.306 e. The zero-order valence-electron chi connectivity index (χ0n) is 15.0. The minimum Gasteiger partial charge on any atom is -0.461 e. The largest absolute Gasteiger partial charge is 0.461 e. The summed E-state index contributed by atoms with van der Waals surface area (Å²) < 4.78 is 11.2. The number of Topliss-reactive ketones (excluding diaryl/α,β-unsaturated/α-hetero) is 1. The van der Waals surface area contributed by atoms with E-state index in [9.17, 15) is 9.59 Å². The molecule has 3 rings (SSSR count). The van der Waals surface area contributed by atoms with Gasteiger partial charge < -0.3 is 9.47 Å². The van der Waals surface area contributed by atoms with Crippen molar-refractivity contribution in [3.05, 3.63) is 82.0 Å². The number of carbonyl (C=O) groups is 2. The topological polar surface area (TPSA) is 52.6 Å². The Hall–Kier alpha value is -2.92. The highest BCUT2D eigenvalue weighted by Crippen LogP contribution is 2.25. The highest BCUT2D eigenvalue weighted by molar-refractivity contribution is 7.14. The maximum absolute atomic E-state index is 12.1. The van der Waals surface area contributed by atoms with Gasteiger partial charge in [-0.1, -0.05) is 36.4 Å². The second-order valence-corrected chi connectivity index (χ2v) is 7.30. The van der Waals surface area contributed by atoms with Gasteiger partial charge in [0.05, 0.1) is 11.3 Å². The zero-order valence-corrected chi connectivity index (χ0v) is 15.8. The molecule has 0 aliphatic carbocycles. The molecule has 0 fully saturated rings. The second kappa shape index (κ2) is 9.14. The van der Waals surface area contributed by atoms with Crippen LogP contribution in [0.25, 0.3) is 0 Å². The molecule has 0 unspecified atom stereocenters. The van der Waals surface area contributed by atoms with Crippen molar-refractivity contribution in [1.82, 2.24) is 0 Å². The van der Waals surface area contributed by atoms with Gasteiger partial charge in [-0.2, -0.15) is 0 Å². The molecule has 1 heterocycles. The predicted molar refractivity (Wildman–Crippen MR) is 105 cm³/mol. The van der Waals surface area contributed by atoms with E-state index in [1.807, 2.05) is 67.6 Å². The fraction of sp³-hybridized carbons (Fsp3) is 0.182. The van der Waals surface area contributed by atoms with Gasteiger partial charge in [-0.25, -0.2) is 0 Å². The van der Waals surface area contributed by atoms with Crippen molar-refractivity contribution in [2.24, 2.45) is 0 Å². The van der Waals surface area contributed by atoms with Gasteiger partial charge in [-0.15, -0.1) is 11.3 Å². The van der Waals surface area contributed by atoms with Gasteiger partial charge in [0.15, 0.2) is 5.78 Å². The molecule has 0 N–H and O–H groups in total. The highest BCUT2D eigenvalue weighted by atomic mass is 32.1. The van der Waals surface area contributed by atoms with Crippen LogP contribution in [0.5, 0.6) is 11.5 Å². The van der Waals surface area contributed by atoms with Crippen LogP contribution in [0.2, 0.25) is 0 Å². The number of benzene rings is 2. The van der Waals surface area contributed by atoms with Gasteiger partial charge in [-0.05, 0) is 37.3 Å². The SMILES string of the molecule is Cc1ccc(C(=O)CCC(=O)OCc2ccccc2Oc2ccccc2)s1. The van der Waals surface area contributed by atoms with Gasteiger partial charge in [0, 0.05) is 16.9 Å². The molecule has 0 bridgehead atoms. The lowest BCUT2D eigenvalue weighted by Gasteiger charge is -2.11. The van der Waals surface area contributed by atoms with Gasteiger partial charge in [0.1, 0.15) is 18.1 Å². The first-order valence-corrected chi connectivity index (χ1v) is 9.49. The van der Waals surface area contributed by atoms with E-state index in [1.54, 1.807) is 6.07 Å². The average Bonchev–Trinajstić information content (AvgIpc) is 3.13. The number of aryl methyl sites for hydroxylation is 1. The Morgan fingerprint density at radius 2 is 1.63 bits per heavy atom. The van der Waals surface area contributed by atoms with Gasteiger partial charge in [0.2, 0.25) is 0 Å². The molecule has 0 radical (unpaired) electrons. The quantitative estimate of drug-likeness (QED) is 0.379. The van der Waals surface area contributed by atoms with E-state index < -0.39 is 5.97 Å². The van der Waals surface area contributed by atoms with Crippen LogP contribution in [0.3, 0.4) is 0 Å². The van der Waals surface area contributed by atoms with Crippen LogP contribution >= 0.6 is 11.3 Å². The normalized spacial score (nSPS) is 10.4. The predicted octanol–water partition coefficient (Wildman–Crippen LogP) is 5.56. The summed E-state index contributed by atoms with van der Waals surface area (Å²) in [5, 5.41) is 0. The molecule has 0 spiro atoms. The van der Waals surface area contributed by atoms with E-state index >= 15 is 0 Å². The Bertz CT molecular complexity index is 915. The van der Waals surface area contributed by atoms with E-state index in [4.69, 9.17) is 9.47 Å². The van der Waals surface area contributed by atoms with Crippen LogP contribution < -0.4 is 4.74 Å². The van der Waals surface area contributed by atoms with Crippen molar-refractivity contribution in [3.8, 4) is 11.5 Å². The average molecular weight is 380 g/mol. The summed E-state index contributed by atoms with van der Waals surface area (Å²) in [5.41, 5.74) is 0.773. The first-order chi connectivity index (χ1) is 13.1. The van der Waals surface area contributed by atoms with Gasteiger partial charge >= 0.3 is 5.97 Å². The molecule has 0 saturated carbocycles. The minimum absolute atomic E-state index is 0.0298. The van der Waals surface area contributed by atoms with Crippen molar-refractivity contribution in [2.45, 2.75) is 26.4 Å². The fourth-order valence-electron chi connectivity index (χ4n) is 2.49. The summed E-state index contributed by atoms with van der Waals surface area (Å²) in [7, 11) is 0. The molecule has 3 aromatic rings. The Labute approximate surface area is 162 Å².